The third-order valence-corrected chi connectivity index (χ3v) is 3.06. The molecule has 0 saturated heterocycles. The van der Waals surface area contributed by atoms with Crippen LogP contribution in [0.3, 0.4) is 0 Å². The molecule has 0 aromatic heterocycles. The van der Waals surface area contributed by atoms with Crippen LogP contribution in [0, 0.1) is 10.8 Å². The average molecular weight is 155 g/mol. The largest absolute Gasteiger partial charge is 0.232 e. The van der Waals surface area contributed by atoms with Gasteiger partial charge in [0.2, 0.25) is 0 Å². The van der Waals surface area contributed by atoms with Gasteiger partial charge in [0.15, 0.2) is 0 Å². The minimum Gasteiger partial charge on any atom is -0.232 e. The Morgan fingerprint density at radius 1 is 1.00 bits per heavy atom. The van der Waals surface area contributed by atoms with Crippen LogP contribution in [0.25, 0.3) is 0 Å². The van der Waals surface area contributed by atoms with Gasteiger partial charge in [0.25, 0.3) is 0 Å². The molecule has 0 aromatic rings. The highest BCUT2D eigenvalue weighted by Crippen LogP contribution is 2.45. The molecule has 1 radical (unpaired) electrons. The van der Waals surface area contributed by atoms with E-state index in [1.807, 2.05) is 0 Å². The first-order valence-electron chi connectivity index (χ1n) is 4.52. The average Bonchev–Trinajstić information content (AvgIpc) is 1.82. The van der Waals surface area contributed by atoms with Crippen molar-refractivity contribution in [2.45, 2.75) is 53.1 Å². The molecule has 0 bridgehead atoms. The second kappa shape index (κ2) is 2.48. The molecule has 0 amide bonds. The molecule has 65 valence electrons. The fourth-order valence-electron chi connectivity index (χ4n) is 2.32. The summed E-state index contributed by atoms with van der Waals surface area (Å²) in [7, 11) is 0. The molecule has 0 aliphatic heterocycles. The molecule has 1 nitrogen and oxygen atoms in total. The zero-order valence-corrected chi connectivity index (χ0v) is 8.11. The standard InChI is InChI=1S/C10H19O/c1-9(2)6-5-7-10(3,4)8(9)11/h8H,5-7H2,1-4H3. The molecule has 0 unspecified atom stereocenters. The first-order chi connectivity index (χ1) is 4.86. The van der Waals surface area contributed by atoms with E-state index in [1.165, 1.54) is 6.42 Å². The molecule has 1 saturated carbocycles. The third kappa shape index (κ3) is 1.58. The lowest BCUT2D eigenvalue weighted by atomic mass is 9.63. The fourth-order valence-corrected chi connectivity index (χ4v) is 2.32. The summed E-state index contributed by atoms with van der Waals surface area (Å²) in [6.07, 6.45) is 3.04. The summed E-state index contributed by atoms with van der Waals surface area (Å²) in [4.78, 5) is 0. The predicted octanol–water partition coefficient (Wildman–Crippen LogP) is 3.02. The van der Waals surface area contributed by atoms with Crippen LogP contribution in [0.1, 0.15) is 47.0 Å². The summed E-state index contributed by atoms with van der Waals surface area (Å²) in [6.45, 7) is 8.41. The van der Waals surface area contributed by atoms with Crippen LogP contribution in [0.2, 0.25) is 0 Å². The topological polar surface area (TPSA) is 19.9 Å². The van der Waals surface area contributed by atoms with Crippen molar-refractivity contribution in [2.75, 3.05) is 0 Å². The van der Waals surface area contributed by atoms with E-state index in [4.69, 9.17) is 0 Å². The maximum atomic E-state index is 11.9. The Labute approximate surface area is 69.8 Å². The van der Waals surface area contributed by atoms with Gasteiger partial charge in [-0.15, -0.1) is 0 Å². The molecule has 1 aliphatic rings. The molecule has 1 rings (SSSR count). The molecule has 1 aliphatic carbocycles. The molecule has 0 spiro atoms. The van der Waals surface area contributed by atoms with E-state index in [0.717, 1.165) is 12.8 Å². The number of hydrogen-bond donors (Lipinski definition) is 0. The van der Waals surface area contributed by atoms with Gasteiger partial charge in [0.05, 0.1) is 0 Å². The van der Waals surface area contributed by atoms with Crippen LogP contribution in [0.5, 0.6) is 0 Å². The Bertz CT molecular complexity index is 131. The minimum atomic E-state index is -0.385. The van der Waals surface area contributed by atoms with Gasteiger partial charge < -0.3 is 0 Å². The minimum absolute atomic E-state index is 0.0156. The van der Waals surface area contributed by atoms with Gasteiger partial charge in [0, 0.05) is 0 Å². The predicted molar refractivity (Wildman–Crippen MR) is 45.9 cm³/mol. The molecule has 1 fully saturated rings. The second-order valence-electron chi connectivity index (χ2n) is 5.21. The third-order valence-electron chi connectivity index (χ3n) is 3.06. The monoisotopic (exact) mass is 155 g/mol. The van der Waals surface area contributed by atoms with E-state index in [-0.39, 0.29) is 16.9 Å². The van der Waals surface area contributed by atoms with Crippen molar-refractivity contribution in [2.24, 2.45) is 10.8 Å². The summed E-state index contributed by atoms with van der Waals surface area (Å²) >= 11 is 0. The van der Waals surface area contributed by atoms with Crippen LogP contribution in [0.4, 0.5) is 0 Å². The quantitative estimate of drug-likeness (QED) is 0.512. The Morgan fingerprint density at radius 3 is 1.64 bits per heavy atom. The molecule has 0 aromatic carbocycles. The van der Waals surface area contributed by atoms with Crippen LogP contribution >= 0.6 is 0 Å². The van der Waals surface area contributed by atoms with Gasteiger partial charge in [-0.2, -0.15) is 0 Å². The molecular weight excluding hydrogens is 136 g/mol. The lowest BCUT2D eigenvalue weighted by Gasteiger charge is -2.44. The molecule has 1 heteroatoms. The molecule has 0 N–H and O–H groups in total. The maximum Gasteiger partial charge on any atom is 0.103 e. The van der Waals surface area contributed by atoms with Gasteiger partial charge in [-0.3, -0.25) is 0 Å². The van der Waals surface area contributed by atoms with Crippen LogP contribution < -0.4 is 0 Å². The van der Waals surface area contributed by atoms with Crippen molar-refractivity contribution in [1.29, 1.82) is 0 Å². The lowest BCUT2D eigenvalue weighted by molar-refractivity contribution is -0.116. The highest BCUT2D eigenvalue weighted by atomic mass is 16.3. The van der Waals surface area contributed by atoms with Crippen molar-refractivity contribution >= 4 is 0 Å². The molecule has 0 atom stereocenters. The number of rotatable bonds is 0. The summed E-state index contributed by atoms with van der Waals surface area (Å²) in [5.74, 6) is 0. The first-order valence-corrected chi connectivity index (χ1v) is 4.52. The van der Waals surface area contributed by atoms with Crippen molar-refractivity contribution in [3.63, 3.8) is 0 Å². The van der Waals surface area contributed by atoms with Crippen molar-refractivity contribution in [3.8, 4) is 0 Å². The van der Waals surface area contributed by atoms with Crippen LogP contribution in [0.15, 0.2) is 0 Å². The van der Waals surface area contributed by atoms with E-state index >= 15 is 0 Å². The van der Waals surface area contributed by atoms with Gasteiger partial charge in [-0.1, -0.05) is 34.1 Å². The van der Waals surface area contributed by atoms with Gasteiger partial charge in [0.1, 0.15) is 6.10 Å². The fraction of sp³-hybridized carbons (Fsp3) is 1.00. The second-order valence-corrected chi connectivity index (χ2v) is 5.21. The highest BCUT2D eigenvalue weighted by molar-refractivity contribution is 4.92. The van der Waals surface area contributed by atoms with Crippen LogP contribution in [-0.2, 0) is 5.11 Å². The Kier molecular flexibility index (Phi) is 2.04. The van der Waals surface area contributed by atoms with Crippen molar-refractivity contribution < 1.29 is 5.11 Å². The molecule has 11 heavy (non-hydrogen) atoms. The highest BCUT2D eigenvalue weighted by Gasteiger charge is 2.43. The molecule has 0 heterocycles. The van der Waals surface area contributed by atoms with Gasteiger partial charge in [-0.05, 0) is 23.7 Å². The summed E-state index contributed by atoms with van der Waals surface area (Å²) < 4.78 is 0. The van der Waals surface area contributed by atoms with Crippen LogP contribution in [-0.4, -0.2) is 6.10 Å². The van der Waals surface area contributed by atoms with E-state index in [0.29, 0.717) is 0 Å². The SMILES string of the molecule is CC1(C)CCCC(C)(C)C1[O]. The summed E-state index contributed by atoms with van der Waals surface area (Å²) in [5.41, 5.74) is 0.0312. The number of hydrogen-bond acceptors (Lipinski definition) is 0. The summed E-state index contributed by atoms with van der Waals surface area (Å²) in [6, 6.07) is 0. The Morgan fingerprint density at radius 2 is 1.36 bits per heavy atom. The first kappa shape index (κ1) is 9.05. The zero-order chi connectivity index (χ0) is 8.70. The van der Waals surface area contributed by atoms with Crippen molar-refractivity contribution in [1.82, 2.24) is 0 Å². The van der Waals surface area contributed by atoms with E-state index in [2.05, 4.69) is 27.7 Å². The lowest BCUT2D eigenvalue weighted by Crippen LogP contribution is -2.44. The van der Waals surface area contributed by atoms with Gasteiger partial charge >= 0.3 is 0 Å². The zero-order valence-electron chi connectivity index (χ0n) is 8.11. The maximum absolute atomic E-state index is 11.9. The normalized spacial score (nSPS) is 30.3. The van der Waals surface area contributed by atoms with E-state index in [9.17, 15) is 5.11 Å². The van der Waals surface area contributed by atoms with Crippen molar-refractivity contribution in [3.05, 3.63) is 0 Å². The Balaban J connectivity index is 2.76. The van der Waals surface area contributed by atoms with E-state index < -0.39 is 0 Å². The van der Waals surface area contributed by atoms with Gasteiger partial charge in [-0.25, -0.2) is 5.11 Å². The Hall–Kier alpha value is -0.0400. The molecular formula is C10H19O. The smallest absolute Gasteiger partial charge is 0.103 e. The van der Waals surface area contributed by atoms with E-state index in [1.54, 1.807) is 0 Å². The summed E-state index contributed by atoms with van der Waals surface area (Å²) in [5, 5.41) is 11.9.